The van der Waals surface area contributed by atoms with Gasteiger partial charge in [0.25, 0.3) is 0 Å². The molecule has 0 bridgehead atoms. The molecule has 0 amide bonds. The van der Waals surface area contributed by atoms with E-state index in [2.05, 4.69) is 20.5 Å². The van der Waals surface area contributed by atoms with Crippen molar-refractivity contribution in [2.45, 2.75) is 5.16 Å². The topological polar surface area (TPSA) is 56.0 Å². The van der Waals surface area contributed by atoms with E-state index in [0.717, 1.165) is 21.7 Å². The van der Waals surface area contributed by atoms with Crippen LogP contribution in [0.4, 0.5) is 0 Å². The Balaban J connectivity index is 2.50. The minimum Gasteiger partial charge on any atom is -0.168 e. The Morgan fingerprint density at radius 3 is 2.87 bits per heavy atom. The van der Waals surface area contributed by atoms with Crippen LogP contribution < -0.4 is 0 Å². The Labute approximate surface area is 89.5 Å². The highest BCUT2D eigenvalue weighted by Crippen LogP contribution is 2.18. The highest BCUT2D eigenvalue weighted by Gasteiger charge is 2.08. The highest BCUT2D eigenvalue weighted by molar-refractivity contribution is 7.98. The summed E-state index contributed by atoms with van der Waals surface area (Å²) in [6.45, 7) is 0. The Kier molecular flexibility index (Phi) is 1.81. The molecule has 0 aliphatic carbocycles. The molecule has 2 heterocycles. The van der Waals surface area contributed by atoms with Crippen molar-refractivity contribution in [2.75, 3.05) is 6.26 Å². The maximum atomic E-state index is 4.11. The summed E-state index contributed by atoms with van der Waals surface area (Å²) in [4.78, 5) is 0. The third-order valence-electron chi connectivity index (χ3n) is 2.18. The first-order valence-electron chi connectivity index (χ1n) is 4.41. The van der Waals surface area contributed by atoms with Crippen LogP contribution in [0.5, 0.6) is 0 Å². The second kappa shape index (κ2) is 3.16. The number of aromatic nitrogens is 5. The average molecular weight is 217 g/mol. The van der Waals surface area contributed by atoms with Gasteiger partial charge in [-0.2, -0.15) is 4.52 Å². The smallest absolute Gasteiger partial charge is 0.168 e. The number of thioether (sulfide) groups is 1. The van der Waals surface area contributed by atoms with Gasteiger partial charge in [0, 0.05) is 5.39 Å². The maximum absolute atomic E-state index is 4.11. The SMILES string of the molecule is CSc1nnc2c3ccccc3nnn12. The van der Waals surface area contributed by atoms with Gasteiger partial charge >= 0.3 is 0 Å². The molecule has 0 saturated heterocycles. The zero-order chi connectivity index (χ0) is 10.3. The first-order chi connectivity index (χ1) is 7.40. The van der Waals surface area contributed by atoms with Crippen LogP contribution >= 0.6 is 11.8 Å². The quantitative estimate of drug-likeness (QED) is 0.576. The molecule has 5 nitrogen and oxygen atoms in total. The van der Waals surface area contributed by atoms with E-state index in [-0.39, 0.29) is 0 Å². The lowest BCUT2D eigenvalue weighted by Gasteiger charge is -1.97. The van der Waals surface area contributed by atoms with Crippen molar-refractivity contribution in [3.8, 4) is 0 Å². The molecule has 0 spiro atoms. The van der Waals surface area contributed by atoms with Gasteiger partial charge in [-0.05, 0) is 18.4 Å². The minimum absolute atomic E-state index is 0.753. The lowest BCUT2D eigenvalue weighted by Crippen LogP contribution is -1.97. The number of benzene rings is 1. The molecule has 0 fully saturated rings. The molecule has 0 radical (unpaired) electrons. The second-order valence-electron chi connectivity index (χ2n) is 3.03. The summed E-state index contributed by atoms with van der Waals surface area (Å²) in [6, 6.07) is 7.77. The predicted molar refractivity (Wildman–Crippen MR) is 57.9 cm³/mol. The van der Waals surface area contributed by atoms with Crippen LogP contribution in [0.25, 0.3) is 16.6 Å². The summed E-state index contributed by atoms with van der Waals surface area (Å²) in [5.41, 5.74) is 1.59. The summed E-state index contributed by atoms with van der Waals surface area (Å²) in [5, 5.41) is 18.0. The van der Waals surface area contributed by atoms with Crippen molar-refractivity contribution in [2.24, 2.45) is 0 Å². The summed E-state index contributed by atoms with van der Waals surface area (Å²) < 4.78 is 1.66. The Morgan fingerprint density at radius 2 is 2.00 bits per heavy atom. The van der Waals surface area contributed by atoms with Crippen molar-refractivity contribution in [1.82, 2.24) is 25.0 Å². The van der Waals surface area contributed by atoms with Gasteiger partial charge < -0.3 is 0 Å². The molecule has 0 aliphatic rings. The zero-order valence-corrected chi connectivity index (χ0v) is 8.77. The Bertz CT molecular complexity index is 633. The van der Waals surface area contributed by atoms with E-state index in [0.29, 0.717) is 0 Å². The van der Waals surface area contributed by atoms with Crippen LogP contribution in [0, 0.1) is 0 Å². The molecule has 0 aliphatic heterocycles. The molecule has 15 heavy (non-hydrogen) atoms. The molecule has 0 N–H and O–H groups in total. The van der Waals surface area contributed by atoms with E-state index in [1.54, 1.807) is 4.52 Å². The van der Waals surface area contributed by atoms with E-state index in [4.69, 9.17) is 0 Å². The fourth-order valence-corrected chi connectivity index (χ4v) is 1.90. The standard InChI is InChI=1S/C9H7N5S/c1-15-9-12-11-8-6-4-2-3-5-7(6)10-13-14(8)9/h2-5H,1H3. The molecular formula is C9H7N5S. The summed E-state index contributed by atoms with van der Waals surface area (Å²) >= 11 is 1.50. The molecular weight excluding hydrogens is 210 g/mol. The van der Waals surface area contributed by atoms with Gasteiger partial charge in [-0.3, -0.25) is 0 Å². The average Bonchev–Trinajstić information content (AvgIpc) is 2.72. The van der Waals surface area contributed by atoms with Gasteiger partial charge in [0.1, 0.15) is 0 Å². The van der Waals surface area contributed by atoms with Crippen molar-refractivity contribution in [3.05, 3.63) is 24.3 Å². The highest BCUT2D eigenvalue weighted by atomic mass is 32.2. The lowest BCUT2D eigenvalue weighted by molar-refractivity contribution is 0.747. The van der Waals surface area contributed by atoms with Crippen LogP contribution in [0.2, 0.25) is 0 Å². The van der Waals surface area contributed by atoms with Gasteiger partial charge in [-0.15, -0.1) is 15.3 Å². The fourth-order valence-electron chi connectivity index (χ4n) is 1.48. The van der Waals surface area contributed by atoms with Crippen LogP contribution in [-0.4, -0.2) is 31.3 Å². The van der Waals surface area contributed by atoms with E-state index in [9.17, 15) is 0 Å². The number of hydrogen-bond acceptors (Lipinski definition) is 5. The molecule has 0 atom stereocenters. The van der Waals surface area contributed by atoms with Gasteiger partial charge in [-0.1, -0.05) is 29.1 Å². The van der Waals surface area contributed by atoms with Gasteiger partial charge in [-0.25, -0.2) is 0 Å². The lowest BCUT2D eigenvalue weighted by atomic mass is 10.2. The van der Waals surface area contributed by atoms with Crippen LogP contribution in [0.1, 0.15) is 0 Å². The molecule has 2 aromatic heterocycles. The molecule has 3 aromatic rings. The summed E-state index contributed by atoms with van der Waals surface area (Å²) in [6.07, 6.45) is 1.94. The minimum atomic E-state index is 0.753. The molecule has 0 unspecified atom stereocenters. The van der Waals surface area contributed by atoms with Crippen molar-refractivity contribution >= 4 is 28.3 Å². The van der Waals surface area contributed by atoms with Crippen LogP contribution in [0.3, 0.4) is 0 Å². The number of rotatable bonds is 1. The van der Waals surface area contributed by atoms with Gasteiger partial charge in [0.05, 0.1) is 5.52 Å². The molecule has 3 rings (SSSR count). The van der Waals surface area contributed by atoms with Crippen LogP contribution in [-0.2, 0) is 0 Å². The van der Waals surface area contributed by atoms with E-state index < -0.39 is 0 Å². The largest absolute Gasteiger partial charge is 0.213 e. The molecule has 74 valence electrons. The first-order valence-corrected chi connectivity index (χ1v) is 5.63. The second-order valence-corrected chi connectivity index (χ2v) is 3.80. The third-order valence-corrected chi connectivity index (χ3v) is 2.80. The first kappa shape index (κ1) is 8.60. The van der Waals surface area contributed by atoms with E-state index in [1.807, 2.05) is 30.5 Å². The molecule has 1 aromatic carbocycles. The van der Waals surface area contributed by atoms with Crippen molar-refractivity contribution in [3.63, 3.8) is 0 Å². The van der Waals surface area contributed by atoms with Crippen molar-refractivity contribution < 1.29 is 0 Å². The zero-order valence-electron chi connectivity index (χ0n) is 7.95. The molecule has 0 saturated carbocycles. The van der Waals surface area contributed by atoms with Gasteiger partial charge in [0.2, 0.25) is 5.16 Å². The Morgan fingerprint density at radius 1 is 1.13 bits per heavy atom. The summed E-state index contributed by atoms with van der Waals surface area (Å²) in [5.74, 6) is 0. The van der Waals surface area contributed by atoms with Crippen LogP contribution in [0.15, 0.2) is 29.4 Å². The fraction of sp³-hybridized carbons (Fsp3) is 0.111. The van der Waals surface area contributed by atoms with Crippen molar-refractivity contribution in [1.29, 1.82) is 0 Å². The number of nitrogens with zero attached hydrogens (tertiary/aromatic N) is 5. The predicted octanol–water partition coefficient (Wildman–Crippen LogP) is 1.39. The third kappa shape index (κ3) is 1.18. The maximum Gasteiger partial charge on any atom is 0.213 e. The van der Waals surface area contributed by atoms with E-state index in [1.165, 1.54) is 11.8 Å². The van der Waals surface area contributed by atoms with E-state index >= 15 is 0 Å². The van der Waals surface area contributed by atoms with Gasteiger partial charge in [0.15, 0.2) is 5.65 Å². The monoisotopic (exact) mass is 217 g/mol. The Hall–Kier alpha value is -1.69. The molecule has 6 heteroatoms. The summed E-state index contributed by atoms with van der Waals surface area (Å²) in [7, 11) is 0. The number of hydrogen-bond donors (Lipinski definition) is 0. The normalized spacial score (nSPS) is 11.3. The number of fused-ring (bicyclic) bond motifs is 3.